The molecule has 0 bridgehead atoms. The Bertz CT molecular complexity index is 822. The summed E-state index contributed by atoms with van der Waals surface area (Å²) in [4.78, 5) is 23.1. The third kappa shape index (κ3) is 5.20. The maximum absolute atomic E-state index is 13.4. The summed E-state index contributed by atoms with van der Waals surface area (Å²) in [5.41, 5.74) is -1.26. The average Bonchev–Trinajstić information content (AvgIpc) is 2.54. The Kier molecular flexibility index (Phi) is 5.81. The molecule has 2 rings (SSSR count). The molecule has 0 aliphatic carbocycles. The molecule has 138 valence electrons. The molecular weight excluding hydrogens is 356 g/mol. The Morgan fingerprint density at radius 1 is 1.04 bits per heavy atom. The summed E-state index contributed by atoms with van der Waals surface area (Å²) in [6, 6.07) is 7.85. The van der Waals surface area contributed by atoms with Gasteiger partial charge in [0.25, 0.3) is 5.91 Å². The third-order valence-electron chi connectivity index (χ3n) is 3.13. The number of rotatable bonds is 5. The lowest BCUT2D eigenvalue weighted by Gasteiger charge is -2.15. The molecule has 0 saturated carbocycles. The SMILES string of the molecule is CC(=O)Nc1ccc(C(F)(F)F)cc1NC(=O)COc1ccccc1F. The minimum Gasteiger partial charge on any atom is -0.481 e. The van der Waals surface area contributed by atoms with Gasteiger partial charge < -0.3 is 15.4 Å². The highest BCUT2D eigenvalue weighted by atomic mass is 19.4. The summed E-state index contributed by atoms with van der Waals surface area (Å²) < 4.78 is 57.0. The minimum atomic E-state index is -4.63. The quantitative estimate of drug-likeness (QED) is 0.787. The molecular formula is C17H14F4N2O3. The Labute approximate surface area is 146 Å². The van der Waals surface area contributed by atoms with Crippen molar-refractivity contribution in [2.45, 2.75) is 13.1 Å². The van der Waals surface area contributed by atoms with Gasteiger partial charge >= 0.3 is 6.18 Å². The molecule has 9 heteroatoms. The summed E-state index contributed by atoms with van der Waals surface area (Å²) in [7, 11) is 0. The fourth-order valence-electron chi connectivity index (χ4n) is 2.01. The molecule has 0 aliphatic rings. The first-order chi connectivity index (χ1) is 12.2. The second-order valence-electron chi connectivity index (χ2n) is 5.21. The van der Waals surface area contributed by atoms with Crippen LogP contribution >= 0.6 is 0 Å². The number of carbonyl (C=O) groups excluding carboxylic acids is 2. The zero-order valence-corrected chi connectivity index (χ0v) is 13.5. The summed E-state index contributed by atoms with van der Waals surface area (Å²) in [6.07, 6.45) is -4.63. The van der Waals surface area contributed by atoms with Crippen LogP contribution < -0.4 is 15.4 Å². The van der Waals surface area contributed by atoms with Crippen LogP contribution in [0.15, 0.2) is 42.5 Å². The summed E-state index contributed by atoms with van der Waals surface area (Å²) in [5.74, 6) is -2.20. The van der Waals surface area contributed by atoms with Gasteiger partial charge in [-0.3, -0.25) is 9.59 Å². The van der Waals surface area contributed by atoms with Crippen molar-refractivity contribution < 1.29 is 31.9 Å². The number of halogens is 4. The van der Waals surface area contributed by atoms with E-state index in [0.717, 1.165) is 18.2 Å². The molecule has 0 radical (unpaired) electrons. The van der Waals surface area contributed by atoms with Crippen LogP contribution in [0, 0.1) is 5.82 Å². The molecule has 0 fully saturated rings. The van der Waals surface area contributed by atoms with E-state index >= 15 is 0 Å². The second kappa shape index (κ2) is 7.85. The Balaban J connectivity index is 2.16. The van der Waals surface area contributed by atoms with Gasteiger partial charge in [-0.2, -0.15) is 13.2 Å². The Hall–Kier alpha value is -3.10. The van der Waals surface area contributed by atoms with Crippen molar-refractivity contribution >= 4 is 23.2 Å². The minimum absolute atomic E-state index is 0.00950. The molecule has 0 unspecified atom stereocenters. The number of carbonyl (C=O) groups is 2. The van der Waals surface area contributed by atoms with Gasteiger partial charge in [-0.15, -0.1) is 0 Å². The molecule has 0 aromatic heterocycles. The highest BCUT2D eigenvalue weighted by Crippen LogP contribution is 2.34. The number of alkyl halides is 3. The topological polar surface area (TPSA) is 67.4 Å². The molecule has 0 heterocycles. The zero-order chi connectivity index (χ0) is 19.3. The number of amides is 2. The van der Waals surface area contributed by atoms with E-state index in [2.05, 4.69) is 10.6 Å². The van der Waals surface area contributed by atoms with Crippen molar-refractivity contribution in [3.63, 3.8) is 0 Å². The van der Waals surface area contributed by atoms with Crippen LogP contribution in [0.5, 0.6) is 5.75 Å². The van der Waals surface area contributed by atoms with E-state index in [1.54, 1.807) is 0 Å². The number of hydrogen-bond acceptors (Lipinski definition) is 3. The van der Waals surface area contributed by atoms with Gasteiger partial charge in [0.05, 0.1) is 16.9 Å². The predicted octanol–water partition coefficient (Wildman–Crippen LogP) is 3.82. The monoisotopic (exact) mass is 370 g/mol. The molecule has 2 aromatic carbocycles. The van der Waals surface area contributed by atoms with Crippen molar-refractivity contribution in [2.75, 3.05) is 17.2 Å². The first-order valence-corrected chi connectivity index (χ1v) is 7.33. The van der Waals surface area contributed by atoms with Crippen molar-refractivity contribution in [2.24, 2.45) is 0 Å². The lowest BCUT2D eigenvalue weighted by atomic mass is 10.1. The molecule has 5 nitrogen and oxygen atoms in total. The van der Waals surface area contributed by atoms with E-state index in [-0.39, 0.29) is 17.1 Å². The maximum atomic E-state index is 13.4. The summed E-state index contributed by atoms with van der Waals surface area (Å²) >= 11 is 0. The van der Waals surface area contributed by atoms with Crippen LogP contribution in [0.25, 0.3) is 0 Å². The van der Waals surface area contributed by atoms with E-state index in [9.17, 15) is 27.2 Å². The van der Waals surface area contributed by atoms with Gasteiger partial charge in [0.15, 0.2) is 18.2 Å². The van der Waals surface area contributed by atoms with Crippen LogP contribution in [-0.2, 0) is 15.8 Å². The van der Waals surface area contributed by atoms with Gasteiger partial charge in [0.1, 0.15) is 0 Å². The highest BCUT2D eigenvalue weighted by molar-refractivity contribution is 5.99. The molecule has 2 N–H and O–H groups in total. The Morgan fingerprint density at radius 3 is 2.35 bits per heavy atom. The smallest absolute Gasteiger partial charge is 0.416 e. The number of anilines is 2. The van der Waals surface area contributed by atoms with Crippen molar-refractivity contribution in [3.05, 3.63) is 53.8 Å². The lowest BCUT2D eigenvalue weighted by Crippen LogP contribution is -2.22. The third-order valence-corrected chi connectivity index (χ3v) is 3.13. The van der Waals surface area contributed by atoms with Gasteiger partial charge in [-0.05, 0) is 30.3 Å². The van der Waals surface area contributed by atoms with Gasteiger partial charge in [-0.25, -0.2) is 4.39 Å². The predicted molar refractivity (Wildman–Crippen MR) is 86.3 cm³/mol. The first-order valence-electron chi connectivity index (χ1n) is 7.33. The van der Waals surface area contributed by atoms with Crippen molar-refractivity contribution in [1.82, 2.24) is 0 Å². The zero-order valence-electron chi connectivity index (χ0n) is 13.5. The van der Waals surface area contributed by atoms with Gasteiger partial charge in [0, 0.05) is 6.92 Å². The molecule has 0 atom stereocenters. The van der Waals surface area contributed by atoms with E-state index in [0.29, 0.717) is 6.07 Å². The van der Waals surface area contributed by atoms with Crippen molar-refractivity contribution in [3.8, 4) is 5.75 Å². The van der Waals surface area contributed by atoms with Crippen LogP contribution in [-0.4, -0.2) is 18.4 Å². The number of benzene rings is 2. The molecule has 0 saturated heterocycles. The van der Waals surface area contributed by atoms with Crippen molar-refractivity contribution in [1.29, 1.82) is 0 Å². The number of nitrogens with one attached hydrogen (secondary N) is 2. The van der Waals surface area contributed by atoms with Crippen LogP contribution in [0.1, 0.15) is 12.5 Å². The largest absolute Gasteiger partial charge is 0.481 e. The Morgan fingerprint density at radius 2 is 1.73 bits per heavy atom. The fourth-order valence-corrected chi connectivity index (χ4v) is 2.01. The molecule has 0 spiro atoms. The fraction of sp³-hybridized carbons (Fsp3) is 0.176. The normalized spacial score (nSPS) is 11.0. The van der Waals surface area contributed by atoms with E-state index in [4.69, 9.17) is 4.74 Å². The standard InChI is InChI=1S/C17H14F4N2O3/c1-10(24)22-13-7-6-11(17(19,20)21)8-14(13)23-16(25)9-26-15-5-3-2-4-12(15)18/h2-8H,9H2,1H3,(H,22,24)(H,23,25). The number of para-hydroxylation sites is 1. The van der Waals surface area contributed by atoms with E-state index < -0.39 is 36.0 Å². The number of ether oxygens (including phenoxy) is 1. The van der Waals surface area contributed by atoms with Crippen LogP contribution in [0.3, 0.4) is 0 Å². The van der Waals surface area contributed by atoms with Crippen LogP contribution in [0.4, 0.5) is 28.9 Å². The highest BCUT2D eigenvalue weighted by Gasteiger charge is 2.31. The van der Waals surface area contributed by atoms with Gasteiger partial charge in [-0.1, -0.05) is 12.1 Å². The second-order valence-corrected chi connectivity index (χ2v) is 5.21. The number of hydrogen-bond donors (Lipinski definition) is 2. The molecule has 0 aliphatic heterocycles. The summed E-state index contributed by atoms with van der Waals surface area (Å²) in [5, 5.41) is 4.54. The molecule has 26 heavy (non-hydrogen) atoms. The van der Waals surface area contributed by atoms with Gasteiger partial charge in [0.2, 0.25) is 5.91 Å². The van der Waals surface area contributed by atoms with Crippen LogP contribution in [0.2, 0.25) is 0 Å². The average molecular weight is 370 g/mol. The molecule has 2 amide bonds. The lowest BCUT2D eigenvalue weighted by molar-refractivity contribution is -0.137. The summed E-state index contributed by atoms with van der Waals surface area (Å²) in [6.45, 7) is 0.543. The maximum Gasteiger partial charge on any atom is 0.416 e. The van der Waals surface area contributed by atoms with E-state index in [1.807, 2.05) is 0 Å². The van der Waals surface area contributed by atoms with E-state index in [1.165, 1.54) is 25.1 Å². The molecule has 2 aromatic rings. The first kappa shape index (κ1) is 19.2.